The van der Waals surface area contributed by atoms with Gasteiger partial charge < -0.3 is 10.3 Å². The molecule has 1 saturated heterocycles. The molecule has 2 N–H and O–H groups in total. The minimum atomic E-state index is -2.90. The molecule has 24 heavy (non-hydrogen) atoms. The quantitative estimate of drug-likeness (QED) is 0.875. The molecule has 4 rings (SSSR count). The first kappa shape index (κ1) is 15.7. The second-order valence-electron chi connectivity index (χ2n) is 6.94. The van der Waals surface area contributed by atoms with Crippen molar-refractivity contribution in [2.24, 2.45) is 0 Å². The van der Waals surface area contributed by atoms with Crippen LogP contribution in [0.5, 0.6) is 0 Å². The number of aromatic amines is 1. The van der Waals surface area contributed by atoms with E-state index in [2.05, 4.69) is 22.4 Å². The maximum absolute atomic E-state index is 12.8. The van der Waals surface area contributed by atoms with E-state index >= 15 is 0 Å². The predicted octanol–water partition coefficient (Wildman–Crippen LogP) is 2.28. The molecule has 0 saturated carbocycles. The van der Waals surface area contributed by atoms with Gasteiger partial charge in [0.15, 0.2) is 0 Å². The summed E-state index contributed by atoms with van der Waals surface area (Å²) in [6, 6.07) is 8.17. The highest BCUT2D eigenvalue weighted by atomic mass is 32.2. The van der Waals surface area contributed by atoms with Gasteiger partial charge in [-0.3, -0.25) is 4.79 Å². The van der Waals surface area contributed by atoms with Gasteiger partial charge in [-0.25, -0.2) is 8.42 Å². The Morgan fingerprint density at radius 2 is 1.88 bits per heavy atom. The summed E-state index contributed by atoms with van der Waals surface area (Å²) in [5.41, 5.74) is 3.40. The summed E-state index contributed by atoms with van der Waals surface area (Å²) >= 11 is 0. The molecule has 1 atom stereocenters. The highest BCUT2D eigenvalue weighted by Crippen LogP contribution is 2.36. The number of carbonyl (C=O) groups is 1. The van der Waals surface area contributed by atoms with Crippen LogP contribution in [0.2, 0.25) is 0 Å². The van der Waals surface area contributed by atoms with Crippen LogP contribution in [-0.4, -0.2) is 36.9 Å². The van der Waals surface area contributed by atoms with Gasteiger partial charge in [0.1, 0.15) is 9.84 Å². The van der Waals surface area contributed by atoms with Crippen LogP contribution >= 0.6 is 0 Å². The first-order chi connectivity index (χ1) is 11.5. The third-order valence-corrected chi connectivity index (χ3v) is 7.05. The third-order valence-electron chi connectivity index (χ3n) is 5.33. The van der Waals surface area contributed by atoms with Crippen LogP contribution in [0, 0.1) is 0 Å². The molecule has 1 unspecified atom stereocenters. The Morgan fingerprint density at radius 3 is 2.67 bits per heavy atom. The SMILES string of the molecule is O=C(NC1CCS(=O)(=O)CC1)C1CCCc2c1[nH]c1ccccc21. The number of para-hydroxylation sites is 1. The van der Waals surface area contributed by atoms with Crippen molar-refractivity contribution in [1.29, 1.82) is 0 Å². The summed E-state index contributed by atoms with van der Waals surface area (Å²) in [6.45, 7) is 0. The molecule has 6 heteroatoms. The first-order valence-electron chi connectivity index (χ1n) is 8.64. The van der Waals surface area contributed by atoms with Crippen molar-refractivity contribution in [2.45, 2.75) is 44.1 Å². The predicted molar refractivity (Wildman–Crippen MR) is 93.8 cm³/mol. The molecule has 0 spiro atoms. The normalized spacial score (nSPS) is 23.8. The van der Waals surface area contributed by atoms with Crippen LogP contribution in [0.15, 0.2) is 24.3 Å². The van der Waals surface area contributed by atoms with Crippen molar-refractivity contribution in [1.82, 2.24) is 10.3 Å². The number of nitrogens with one attached hydrogen (secondary N) is 2. The molecule has 1 aromatic heterocycles. The first-order valence-corrected chi connectivity index (χ1v) is 10.5. The zero-order chi connectivity index (χ0) is 16.7. The standard InChI is InChI=1S/C18H22N2O3S/c21-18(19-12-8-10-24(22,23)11-9-12)15-6-3-5-14-13-4-1-2-7-16(13)20-17(14)15/h1-2,4,7,12,15,20H,3,5-6,8-11H2,(H,19,21). The number of aromatic nitrogens is 1. The number of rotatable bonds is 2. The second kappa shape index (κ2) is 5.92. The molecule has 2 aromatic rings. The van der Waals surface area contributed by atoms with Crippen LogP contribution in [0.3, 0.4) is 0 Å². The summed E-state index contributed by atoms with van der Waals surface area (Å²) < 4.78 is 23.1. The van der Waals surface area contributed by atoms with E-state index < -0.39 is 9.84 Å². The molecule has 0 radical (unpaired) electrons. The maximum Gasteiger partial charge on any atom is 0.229 e. The highest BCUT2D eigenvalue weighted by Gasteiger charge is 2.32. The number of fused-ring (bicyclic) bond motifs is 3. The maximum atomic E-state index is 12.8. The zero-order valence-electron chi connectivity index (χ0n) is 13.5. The average Bonchev–Trinajstić information content (AvgIpc) is 2.95. The summed E-state index contributed by atoms with van der Waals surface area (Å²) in [5, 5.41) is 4.30. The molecular formula is C18H22N2O3S. The van der Waals surface area contributed by atoms with Gasteiger partial charge in [-0.05, 0) is 43.7 Å². The smallest absolute Gasteiger partial charge is 0.229 e. The lowest BCUT2D eigenvalue weighted by molar-refractivity contribution is -0.123. The van der Waals surface area contributed by atoms with Crippen LogP contribution in [-0.2, 0) is 21.1 Å². The Bertz CT molecular complexity index is 871. The van der Waals surface area contributed by atoms with Crippen molar-refractivity contribution >= 4 is 26.6 Å². The molecule has 1 fully saturated rings. The topological polar surface area (TPSA) is 79.0 Å². The van der Waals surface area contributed by atoms with E-state index in [1.54, 1.807) is 0 Å². The lowest BCUT2D eigenvalue weighted by Gasteiger charge is -2.27. The fourth-order valence-corrected chi connectivity index (χ4v) is 5.50. The number of carbonyl (C=O) groups excluding carboxylic acids is 1. The number of amides is 1. The van der Waals surface area contributed by atoms with Crippen molar-refractivity contribution in [2.75, 3.05) is 11.5 Å². The Balaban J connectivity index is 1.54. The molecule has 1 aliphatic heterocycles. The molecule has 1 aliphatic carbocycles. The van der Waals surface area contributed by atoms with E-state index in [-0.39, 0.29) is 29.4 Å². The molecular weight excluding hydrogens is 324 g/mol. The van der Waals surface area contributed by atoms with E-state index in [1.165, 1.54) is 10.9 Å². The lowest BCUT2D eigenvalue weighted by Crippen LogP contribution is -2.43. The van der Waals surface area contributed by atoms with Gasteiger partial charge in [0.2, 0.25) is 5.91 Å². The zero-order valence-corrected chi connectivity index (χ0v) is 14.4. The van der Waals surface area contributed by atoms with E-state index in [0.29, 0.717) is 12.8 Å². The lowest BCUT2D eigenvalue weighted by atomic mass is 9.86. The number of aryl methyl sites for hydroxylation is 1. The van der Waals surface area contributed by atoms with E-state index in [9.17, 15) is 13.2 Å². The molecule has 128 valence electrons. The summed E-state index contributed by atoms with van der Waals surface area (Å²) in [6.07, 6.45) is 3.91. The molecule has 0 bridgehead atoms. The van der Waals surface area contributed by atoms with Gasteiger partial charge in [-0.1, -0.05) is 18.2 Å². The number of sulfone groups is 1. The van der Waals surface area contributed by atoms with Crippen molar-refractivity contribution < 1.29 is 13.2 Å². The van der Waals surface area contributed by atoms with Gasteiger partial charge in [0.05, 0.1) is 17.4 Å². The molecule has 1 aromatic carbocycles. The Hall–Kier alpha value is -1.82. The highest BCUT2D eigenvalue weighted by molar-refractivity contribution is 7.91. The summed E-state index contributed by atoms with van der Waals surface area (Å²) in [4.78, 5) is 16.2. The van der Waals surface area contributed by atoms with Crippen LogP contribution in [0.4, 0.5) is 0 Å². The molecule has 2 aliphatic rings. The minimum absolute atomic E-state index is 0.0178. The van der Waals surface area contributed by atoms with Gasteiger partial charge >= 0.3 is 0 Å². The van der Waals surface area contributed by atoms with Crippen LogP contribution in [0.1, 0.15) is 42.9 Å². The average molecular weight is 346 g/mol. The Morgan fingerprint density at radius 1 is 1.12 bits per heavy atom. The fraction of sp³-hybridized carbons (Fsp3) is 0.500. The van der Waals surface area contributed by atoms with Gasteiger partial charge in [0.25, 0.3) is 0 Å². The van der Waals surface area contributed by atoms with Gasteiger partial charge in [-0.15, -0.1) is 0 Å². The van der Waals surface area contributed by atoms with Gasteiger partial charge in [0, 0.05) is 22.6 Å². The Kier molecular flexibility index (Phi) is 3.87. The third kappa shape index (κ3) is 2.83. The second-order valence-corrected chi connectivity index (χ2v) is 9.25. The van der Waals surface area contributed by atoms with E-state index in [0.717, 1.165) is 30.5 Å². The number of benzene rings is 1. The molecule has 2 heterocycles. The number of hydrogen-bond acceptors (Lipinski definition) is 3. The van der Waals surface area contributed by atoms with Crippen LogP contribution in [0.25, 0.3) is 10.9 Å². The summed E-state index contributed by atoms with van der Waals surface area (Å²) in [7, 11) is -2.90. The van der Waals surface area contributed by atoms with Crippen LogP contribution < -0.4 is 5.32 Å². The van der Waals surface area contributed by atoms with E-state index in [4.69, 9.17) is 0 Å². The number of hydrogen-bond donors (Lipinski definition) is 2. The molecule has 5 nitrogen and oxygen atoms in total. The monoisotopic (exact) mass is 346 g/mol. The van der Waals surface area contributed by atoms with Gasteiger partial charge in [-0.2, -0.15) is 0 Å². The number of H-pyrrole nitrogens is 1. The fourth-order valence-electron chi connectivity index (χ4n) is 4.01. The largest absolute Gasteiger partial charge is 0.357 e. The molecule has 1 amide bonds. The van der Waals surface area contributed by atoms with Crippen molar-refractivity contribution in [3.05, 3.63) is 35.5 Å². The Labute approximate surface area is 141 Å². The van der Waals surface area contributed by atoms with Crippen molar-refractivity contribution in [3.63, 3.8) is 0 Å². The van der Waals surface area contributed by atoms with E-state index in [1.807, 2.05) is 12.1 Å². The van der Waals surface area contributed by atoms with Crippen molar-refractivity contribution in [3.8, 4) is 0 Å². The minimum Gasteiger partial charge on any atom is -0.357 e. The summed E-state index contributed by atoms with van der Waals surface area (Å²) in [5.74, 6) is 0.243.